The number of hydrogen-bond acceptors (Lipinski definition) is 7. The summed E-state index contributed by atoms with van der Waals surface area (Å²) in [6.07, 6.45) is 0. The molecular formula is C21H19N3O5. The molecule has 29 heavy (non-hydrogen) atoms. The molecule has 0 unspecified atom stereocenters. The third kappa shape index (κ3) is 3.91. The number of carbonyl (C=O) groups excluding carboxylic acids is 1. The van der Waals surface area contributed by atoms with Gasteiger partial charge in [-0.25, -0.2) is 10.1 Å². The molecule has 0 saturated carbocycles. The number of nitrogens with zero attached hydrogens (tertiary/aromatic N) is 2. The Bertz CT molecular complexity index is 1220. The smallest absolute Gasteiger partial charge is 0.312 e. The van der Waals surface area contributed by atoms with E-state index in [4.69, 9.17) is 23.7 Å². The maximum atomic E-state index is 12.6. The third-order valence-corrected chi connectivity index (χ3v) is 4.35. The zero-order chi connectivity index (χ0) is 20.4. The van der Waals surface area contributed by atoms with Crippen LogP contribution >= 0.6 is 0 Å². The number of ketones is 1. The number of furan rings is 1. The third-order valence-electron chi connectivity index (χ3n) is 4.35. The van der Waals surface area contributed by atoms with Crippen molar-refractivity contribution in [1.82, 2.24) is 9.78 Å². The number of aromatic nitrogens is 2. The Morgan fingerprint density at radius 1 is 1.17 bits per heavy atom. The number of rotatable bonds is 7. The highest BCUT2D eigenvalue weighted by Crippen LogP contribution is 2.34. The number of methoxy groups -OCH3 is 1. The summed E-state index contributed by atoms with van der Waals surface area (Å²) in [5.74, 6) is 1.24. The van der Waals surface area contributed by atoms with E-state index in [1.54, 1.807) is 32.2 Å². The normalized spacial score (nSPS) is 11.0. The molecule has 0 bridgehead atoms. The van der Waals surface area contributed by atoms with Crippen LogP contribution in [0.25, 0.3) is 11.0 Å². The fourth-order valence-corrected chi connectivity index (χ4v) is 2.94. The topological polar surface area (TPSA) is 103 Å². The van der Waals surface area contributed by atoms with Crippen LogP contribution in [0.1, 0.15) is 22.0 Å². The molecular weight excluding hydrogens is 374 g/mol. The predicted octanol–water partition coefficient (Wildman–Crippen LogP) is 3.48. The molecule has 148 valence electrons. The maximum Gasteiger partial charge on any atom is 0.312 e. The lowest BCUT2D eigenvalue weighted by atomic mass is 10.2. The lowest BCUT2D eigenvalue weighted by molar-refractivity contribution is 0.0938. The van der Waals surface area contributed by atoms with Crippen LogP contribution in [0.2, 0.25) is 0 Å². The van der Waals surface area contributed by atoms with Gasteiger partial charge in [0.1, 0.15) is 30.2 Å². The Balaban J connectivity index is 1.64. The van der Waals surface area contributed by atoms with Gasteiger partial charge in [0.2, 0.25) is 11.7 Å². The molecule has 0 saturated heterocycles. The van der Waals surface area contributed by atoms with E-state index in [0.29, 0.717) is 35.0 Å². The van der Waals surface area contributed by atoms with Crippen molar-refractivity contribution in [2.75, 3.05) is 7.11 Å². The van der Waals surface area contributed by atoms with Gasteiger partial charge in [0.05, 0.1) is 12.5 Å². The SMILES string of the molecule is COc1cc(OCc2ccccc2)c2cc(C(=O)Cn3nc(C)oc3=N)oc2c1. The Morgan fingerprint density at radius 2 is 1.97 bits per heavy atom. The van der Waals surface area contributed by atoms with E-state index >= 15 is 0 Å². The Labute approximate surface area is 165 Å². The van der Waals surface area contributed by atoms with Crippen molar-refractivity contribution >= 4 is 16.8 Å². The molecule has 0 radical (unpaired) electrons. The van der Waals surface area contributed by atoms with Gasteiger partial charge in [-0.05, 0) is 11.6 Å². The highest BCUT2D eigenvalue weighted by molar-refractivity contribution is 5.99. The van der Waals surface area contributed by atoms with Gasteiger partial charge in [0.25, 0.3) is 0 Å². The number of hydrogen-bond donors (Lipinski definition) is 1. The van der Waals surface area contributed by atoms with Crippen molar-refractivity contribution < 1.29 is 23.1 Å². The molecule has 0 amide bonds. The molecule has 0 atom stereocenters. The first-order valence-corrected chi connectivity index (χ1v) is 8.94. The zero-order valence-corrected chi connectivity index (χ0v) is 16.0. The van der Waals surface area contributed by atoms with Crippen LogP contribution < -0.4 is 15.2 Å². The molecule has 4 rings (SSSR count). The van der Waals surface area contributed by atoms with Crippen molar-refractivity contribution in [3.63, 3.8) is 0 Å². The van der Waals surface area contributed by atoms with Gasteiger partial charge in [-0.3, -0.25) is 4.79 Å². The number of fused-ring (bicyclic) bond motifs is 1. The van der Waals surface area contributed by atoms with Gasteiger partial charge < -0.3 is 18.3 Å². The first-order chi connectivity index (χ1) is 14.0. The Morgan fingerprint density at radius 3 is 2.66 bits per heavy atom. The number of Topliss-reactive ketones (excluding diaryl/α,β-unsaturated/α-hetero) is 1. The van der Waals surface area contributed by atoms with Crippen LogP contribution in [0, 0.1) is 12.3 Å². The molecule has 4 aromatic rings. The quantitative estimate of drug-likeness (QED) is 0.482. The average Bonchev–Trinajstić information content (AvgIpc) is 3.29. The summed E-state index contributed by atoms with van der Waals surface area (Å²) < 4.78 is 23.2. The van der Waals surface area contributed by atoms with E-state index in [0.717, 1.165) is 5.56 Å². The fraction of sp³-hybridized carbons (Fsp3) is 0.190. The predicted molar refractivity (Wildman–Crippen MR) is 103 cm³/mol. The van der Waals surface area contributed by atoms with Crippen molar-refractivity contribution in [2.24, 2.45) is 0 Å². The standard InChI is InChI=1S/C21H19N3O5/c1-13-23-24(21(22)28-13)11-17(25)20-10-16-18(8-15(26-2)9-19(16)29-20)27-12-14-6-4-3-5-7-14/h3-10,22H,11-12H2,1-2H3. The second-order valence-electron chi connectivity index (χ2n) is 6.43. The highest BCUT2D eigenvalue weighted by atomic mass is 16.5. The molecule has 0 spiro atoms. The summed E-state index contributed by atoms with van der Waals surface area (Å²) in [6.45, 7) is 1.82. The number of nitrogens with one attached hydrogen (secondary N) is 1. The number of benzene rings is 2. The molecule has 0 fully saturated rings. The summed E-state index contributed by atoms with van der Waals surface area (Å²) in [4.78, 5) is 12.6. The van der Waals surface area contributed by atoms with Crippen LogP contribution in [0.15, 0.2) is 57.4 Å². The van der Waals surface area contributed by atoms with Crippen LogP contribution in [-0.2, 0) is 13.2 Å². The van der Waals surface area contributed by atoms with Gasteiger partial charge in [0.15, 0.2) is 5.76 Å². The molecule has 0 aliphatic carbocycles. The Kier molecular flexibility index (Phi) is 4.90. The van der Waals surface area contributed by atoms with Crippen molar-refractivity contribution in [3.05, 3.63) is 71.4 Å². The minimum absolute atomic E-state index is 0.144. The lowest BCUT2D eigenvalue weighted by Gasteiger charge is -2.09. The molecule has 2 aromatic heterocycles. The van der Waals surface area contributed by atoms with E-state index in [1.165, 1.54) is 4.68 Å². The molecule has 8 nitrogen and oxygen atoms in total. The van der Waals surface area contributed by atoms with E-state index in [9.17, 15) is 4.79 Å². The molecule has 2 aromatic carbocycles. The van der Waals surface area contributed by atoms with Crippen LogP contribution in [-0.4, -0.2) is 22.7 Å². The Hall–Kier alpha value is -3.81. The summed E-state index contributed by atoms with van der Waals surface area (Å²) in [5.41, 5.74) is 1.30. The van der Waals surface area contributed by atoms with Gasteiger partial charge in [-0.15, -0.1) is 5.10 Å². The van der Waals surface area contributed by atoms with Crippen molar-refractivity contribution in [1.29, 1.82) is 5.41 Å². The number of carbonyl (C=O) groups is 1. The summed E-state index contributed by atoms with van der Waals surface area (Å²) >= 11 is 0. The van der Waals surface area contributed by atoms with E-state index in [-0.39, 0.29) is 23.8 Å². The van der Waals surface area contributed by atoms with E-state index in [2.05, 4.69) is 5.10 Å². The van der Waals surface area contributed by atoms with Crippen LogP contribution in [0.4, 0.5) is 0 Å². The summed E-state index contributed by atoms with van der Waals surface area (Å²) in [7, 11) is 1.55. The molecule has 8 heteroatoms. The second kappa shape index (κ2) is 7.67. The van der Waals surface area contributed by atoms with Crippen molar-refractivity contribution in [3.8, 4) is 11.5 Å². The van der Waals surface area contributed by atoms with Crippen LogP contribution in [0.5, 0.6) is 11.5 Å². The molecule has 1 N–H and O–H groups in total. The first kappa shape index (κ1) is 18.5. The van der Waals surface area contributed by atoms with Gasteiger partial charge in [-0.2, -0.15) is 0 Å². The summed E-state index contributed by atoms with van der Waals surface area (Å²) in [6, 6.07) is 14.9. The first-order valence-electron chi connectivity index (χ1n) is 8.94. The van der Waals surface area contributed by atoms with Gasteiger partial charge >= 0.3 is 5.68 Å². The largest absolute Gasteiger partial charge is 0.496 e. The highest BCUT2D eigenvalue weighted by Gasteiger charge is 2.18. The minimum atomic E-state index is -0.332. The average molecular weight is 393 g/mol. The second-order valence-corrected chi connectivity index (χ2v) is 6.43. The molecule has 2 heterocycles. The molecule has 0 aliphatic rings. The monoisotopic (exact) mass is 393 g/mol. The van der Waals surface area contributed by atoms with E-state index < -0.39 is 0 Å². The zero-order valence-electron chi connectivity index (χ0n) is 16.0. The van der Waals surface area contributed by atoms with Crippen LogP contribution in [0.3, 0.4) is 0 Å². The maximum absolute atomic E-state index is 12.6. The van der Waals surface area contributed by atoms with E-state index in [1.807, 2.05) is 30.3 Å². The fourth-order valence-electron chi connectivity index (χ4n) is 2.94. The summed E-state index contributed by atoms with van der Waals surface area (Å²) in [5, 5.41) is 12.4. The lowest BCUT2D eigenvalue weighted by Crippen LogP contribution is -2.21. The van der Waals surface area contributed by atoms with Gasteiger partial charge in [-0.1, -0.05) is 30.3 Å². The van der Waals surface area contributed by atoms with Crippen molar-refractivity contribution in [2.45, 2.75) is 20.1 Å². The van der Waals surface area contributed by atoms with Gasteiger partial charge in [0, 0.05) is 19.1 Å². The molecule has 0 aliphatic heterocycles. The number of aryl methyl sites for hydroxylation is 1. The minimum Gasteiger partial charge on any atom is -0.496 e. The number of ether oxygens (including phenoxy) is 2.